The molecule has 4 nitrogen and oxygen atoms in total. The Morgan fingerprint density at radius 2 is 2.06 bits per heavy atom. The molecule has 1 aromatic rings. The van der Waals surface area contributed by atoms with Crippen molar-refractivity contribution in [1.82, 2.24) is 9.97 Å². The summed E-state index contributed by atoms with van der Waals surface area (Å²) >= 11 is 5.48. The third-order valence-electron chi connectivity index (χ3n) is 2.14. The molecule has 0 aliphatic rings. The van der Waals surface area contributed by atoms with Crippen molar-refractivity contribution >= 4 is 17.4 Å². The molecule has 0 spiro atoms. The molecular weight excluding hydrogens is 271 g/mol. The van der Waals surface area contributed by atoms with E-state index in [0.717, 1.165) is 6.07 Å². The molecule has 0 amide bonds. The average molecular weight is 284 g/mol. The Morgan fingerprint density at radius 1 is 1.39 bits per heavy atom. The van der Waals surface area contributed by atoms with Gasteiger partial charge in [-0.25, -0.2) is 9.97 Å². The highest BCUT2D eigenvalue weighted by atomic mass is 35.5. The summed E-state index contributed by atoms with van der Waals surface area (Å²) in [6.07, 6.45) is -4.54. The van der Waals surface area contributed by atoms with Crippen LogP contribution in [0, 0.1) is 0 Å². The highest BCUT2D eigenvalue weighted by molar-refractivity contribution is 6.28. The van der Waals surface area contributed by atoms with E-state index >= 15 is 0 Å². The quantitative estimate of drug-likeness (QED) is 0.615. The van der Waals surface area contributed by atoms with E-state index in [1.165, 1.54) is 4.90 Å². The molecule has 0 atom stereocenters. The monoisotopic (exact) mass is 283 g/mol. The lowest BCUT2D eigenvalue weighted by Gasteiger charge is -2.19. The lowest BCUT2D eigenvalue weighted by molar-refractivity contribution is -0.141. The van der Waals surface area contributed by atoms with Gasteiger partial charge in [-0.05, 0) is 18.5 Å². The lowest BCUT2D eigenvalue weighted by Crippen LogP contribution is -2.24. The Labute approximate surface area is 108 Å². The first-order valence-corrected chi connectivity index (χ1v) is 5.63. The third-order valence-corrected chi connectivity index (χ3v) is 2.31. The van der Waals surface area contributed by atoms with Gasteiger partial charge in [0.25, 0.3) is 0 Å². The van der Waals surface area contributed by atoms with Crippen molar-refractivity contribution in [1.29, 1.82) is 0 Å². The zero-order valence-corrected chi connectivity index (χ0v) is 10.7. The van der Waals surface area contributed by atoms with Crippen LogP contribution in [0.2, 0.25) is 5.28 Å². The van der Waals surface area contributed by atoms with Crippen LogP contribution in [-0.2, 0) is 10.9 Å². The fourth-order valence-corrected chi connectivity index (χ4v) is 1.38. The van der Waals surface area contributed by atoms with Gasteiger partial charge in [0.15, 0.2) is 5.69 Å². The number of hydrogen-bond donors (Lipinski definition) is 0. The van der Waals surface area contributed by atoms with Crippen molar-refractivity contribution < 1.29 is 17.9 Å². The zero-order chi connectivity index (χ0) is 13.8. The topological polar surface area (TPSA) is 38.2 Å². The molecular formula is C10H13ClF3N3O. The van der Waals surface area contributed by atoms with Crippen LogP contribution in [0.15, 0.2) is 6.07 Å². The molecule has 0 N–H and O–H groups in total. The minimum absolute atomic E-state index is 0.113. The van der Waals surface area contributed by atoms with Gasteiger partial charge >= 0.3 is 6.18 Å². The first-order valence-electron chi connectivity index (χ1n) is 5.25. The second-order valence-electron chi connectivity index (χ2n) is 3.50. The lowest BCUT2D eigenvalue weighted by atomic mass is 10.3. The average Bonchev–Trinajstić information content (AvgIpc) is 2.27. The third kappa shape index (κ3) is 4.30. The molecule has 0 aliphatic carbocycles. The van der Waals surface area contributed by atoms with Crippen LogP contribution in [-0.4, -0.2) is 36.8 Å². The van der Waals surface area contributed by atoms with Crippen LogP contribution in [0.25, 0.3) is 0 Å². The molecule has 0 aliphatic heterocycles. The van der Waals surface area contributed by atoms with Crippen molar-refractivity contribution in [2.24, 2.45) is 0 Å². The van der Waals surface area contributed by atoms with Crippen molar-refractivity contribution in [2.45, 2.75) is 13.1 Å². The van der Waals surface area contributed by atoms with Crippen LogP contribution in [0.1, 0.15) is 12.6 Å². The number of hydrogen-bond acceptors (Lipinski definition) is 4. The summed E-state index contributed by atoms with van der Waals surface area (Å²) in [6, 6.07) is 0.859. The van der Waals surface area contributed by atoms with E-state index in [4.69, 9.17) is 16.3 Å². The number of rotatable bonds is 5. The fourth-order valence-electron chi connectivity index (χ4n) is 1.21. The Balaban J connectivity index is 2.85. The molecule has 0 fully saturated rings. The second kappa shape index (κ2) is 6.19. The number of likely N-dealkylation sites (N-methyl/N-ethyl adjacent to an activating group) is 1. The van der Waals surface area contributed by atoms with Crippen molar-refractivity contribution in [2.75, 3.05) is 31.7 Å². The van der Waals surface area contributed by atoms with E-state index in [-0.39, 0.29) is 5.82 Å². The van der Waals surface area contributed by atoms with Crippen molar-refractivity contribution in [3.8, 4) is 0 Å². The van der Waals surface area contributed by atoms with Crippen LogP contribution >= 0.6 is 11.6 Å². The predicted molar refractivity (Wildman–Crippen MR) is 61.8 cm³/mol. The minimum atomic E-state index is -4.54. The summed E-state index contributed by atoms with van der Waals surface area (Å²) in [4.78, 5) is 8.43. The van der Waals surface area contributed by atoms with Crippen LogP contribution in [0.5, 0.6) is 0 Å². The SMILES string of the molecule is CCOCCN(C)c1cc(C(F)(F)F)nc(Cl)n1. The van der Waals surface area contributed by atoms with Gasteiger partial charge in [-0.1, -0.05) is 0 Å². The van der Waals surface area contributed by atoms with Crippen LogP contribution < -0.4 is 4.90 Å². The summed E-state index contributed by atoms with van der Waals surface area (Å²) in [7, 11) is 1.61. The van der Waals surface area contributed by atoms with E-state index in [2.05, 4.69) is 9.97 Å². The number of ether oxygens (including phenoxy) is 1. The van der Waals surface area contributed by atoms with Crippen LogP contribution in [0.3, 0.4) is 0 Å². The van der Waals surface area contributed by atoms with E-state index in [1.807, 2.05) is 6.92 Å². The highest BCUT2D eigenvalue weighted by Gasteiger charge is 2.33. The van der Waals surface area contributed by atoms with Gasteiger partial charge in [0.2, 0.25) is 5.28 Å². The van der Waals surface area contributed by atoms with Gasteiger partial charge in [0.1, 0.15) is 5.82 Å². The molecule has 8 heteroatoms. The minimum Gasteiger partial charge on any atom is -0.380 e. The van der Waals surface area contributed by atoms with Gasteiger partial charge in [-0.3, -0.25) is 0 Å². The summed E-state index contributed by atoms with van der Waals surface area (Å²) < 4.78 is 42.7. The Morgan fingerprint density at radius 3 is 2.61 bits per heavy atom. The molecule has 0 saturated carbocycles. The van der Waals surface area contributed by atoms with Gasteiger partial charge in [-0.2, -0.15) is 13.2 Å². The van der Waals surface area contributed by atoms with Gasteiger partial charge < -0.3 is 9.64 Å². The molecule has 102 valence electrons. The van der Waals surface area contributed by atoms with Gasteiger partial charge in [0.05, 0.1) is 6.61 Å². The van der Waals surface area contributed by atoms with E-state index in [0.29, 0.717) is 19.8 Å². The fraction of sp³-hybridized carbons (Fsp3) is 0.600. The van der Waals surface area contributed by atoms with Crippen LogP contribution in [0.4, 0.5) is 19.0 Å². The normalized spacial score (nSPS) is 11.7. The molecule has 0 saturated heterocycles. The smallest absolute Gasteiger partial charge is 0.380 e. The summed E-state index contributed by atoms with van der Waals surface area (Å²) in [5.74, 6) is 0.113. The second-order valence-corrected chi connectivity index (χ2v) is 3.83. The largest absolute Gasteiger partial charge is 0.433 e. The maximum Gasteiger partial charge on any atom is 0.433 e. The molecule has 0 aromatic carbocycles. The number of nitrogens with zero attached hydrogens (tertiary/aromatic N) is 3. The summed E-state index contributed by atoms with van der Waals surface area (Å²) in [5.41, 5.74) is -1.05. The summed E-state index contributed by atoms with van der Waals surface area (Å²) in [6.45, 7) is 3.20. The number of halogens is 4. The van der Waals surface area contributed by atoms with E-state index in [1.54, 1.807) is 7.05 Å². The first kappa shape index (κ1) is 15.0. The summed E-state index contributed by atoms with van der Waals surface area (Å²) in [5, 5.41) is -0.428. The van der Waals surface area contributed by atoms with Gasteiger partial charge in [0, 0.05) is 26.3 Å². The van der Waals surface area contributed by atoms with E-state index < -0.39 is 17.2 Å². The molecule has 0 radical (unpaired) electrons. The van der Waals surface area contributed by atoms with Crippen molar-refractivity contribution in [3.05, 3.63) is 17.0 Å². The van der Waals surface area contributed by atoms with Gasteiger partial charge in [-0.15, -0.1) is 0 Å². The molecule has 1 rings (SSSR count). The highest BCUT2D eigenvalue weighted by Crippen LogP contribution is 2.30. The van der Waals surface area contributed by atoms with Crippen molar-refractivity contribution in [3.63, 3.8) is 0 Å². The number of alkyl halides is 3. The molecule has 1 aromatic heterocycles. The number of aromatic nitrogens is 2. The maximum absolute atomic E-state index is 12.5. The van der Waals surface area contributed by atoms with E-state index in [9.17, 15) is 13.2 Å². The molecule has 1 heterocycles. The first-order chi connectivity index (χ1) is 8.34. The molecule has 0 bridgehead atoms. The number of anilines is 1. The predicted octanol–water partition coefficient (Wildman–Crippen LogP) is 2.62. The zero-order valence-electron chi connectivity index (χ0n) is 9.96. The standard InChI is InChI=1S/C10H13ClF3N3O/c1-3-18-5-4-17(2)8-6-7(10(12,13)14)15-9(11)16-8/h6H,3-5H2,1-2H3. The Hall–Kier alpha value is -1.08. The maximum atomic E-state index is 12.5. The molecule has 18 heavy (non-hydrogen) atoms. The molecule has 0 unspecified atom stereocenters. The Bertz CT molecular complexity index is 400. The Kier molecular flexibility index (Phi) is 5.15.